The highest BCUT2D eigenvalue weighted by Gasteiger charge is 2.31. The largest absolute Gasteiger partial charge is 0.341 e. The van der Waals surface area contributed by atoms with Crippen molar-refractivity contribution < 1.29 is 4.79 Å². The minimum absolute atomic E-state index is 0.0836. The number of hydrogen-bond acceptors (Lipinski definition) is 4. The number of para-hydroxylation sites is 1. The van der Waals surface area contributed by atoms with Crippen LogP contribution in [0.15, 0.2) is 59.7 Å². The minimum atomic E-state index is -0.0836. The fourth-order valence-electron chi connectivity index (χ4n) is 4.74. The third kappa shape index (κ3) is 3.63. The summed E-state index contributed by atoms with van der Waals surface area (Å²) in [4.78, 5) is 34.2. The van der Waals surface area contributed by atoms with Gasteiger partial charge in [-0.1, -0.05) is 36.4 Å². The van der Waals surface area contributed by atoms with Crippen LogP contribution >= 0.6 is 0 Å². The number of carbonyl (C=O) groups excluding carboxylic acids is 1. The zero-order valence-corrected chi connectivity index (χ0v) is 17.0. The fraction of sp³-hybridized carbons (Fsp3) is 0.375. The molecule has 2 aliphatic heterocycles. The molecule has 0 N–H and O–H groups in total. The third-order valence-corrected chi connectivity index (χ3v) is 6.49. The number of fused-ring (bicyclic) bond motifs is 2. The Kier molecular flexibility index (Phi) is 5.09. The van der Waals surface area contributed by atoms with Crippen molar-refractivity contribution in [2.45, 2.75) is 38.4 Å². The molecule has 154 valence electrons. The van der Waals surface area contributed by atoms with Crippen LogP contribution < -0.4 is 5.56 Å². The summed E-state index contributed by atoms with van der Waals surface area (Å²) in [5.41, 5.74) is 3.47. The Bertz CT molecular complexity index is 1140. The maximum Gasteiger partial charge on any atom is 0.261 e. The van der Waals surface area contributed by atoms with E-state index in [2.05, 4.69) is 34.1 Å². The van der Waals surface area contributed by atoms with Gasteiger partial charge in [0.05, 0.1) is 17.2 Å². The van der Waals surface area contributed by atoms with Crippen molar-refractivity contribution in [3.63, 3.8) is 0 Å². The Morgan fingerprint density at radius 2 is 1.83 bits per heavy atom. The second kappa shape index (κ2) is 8.03. The molecule has 6 nitrogen and oxygen atoms in total. The number of rotatable bonds is 4. The van der Waals surface area contributed by atoms with E-state index in [1.54, 1.807) is 17.0 Å². The molecule has 0 spiro atoms. The monoisotopic (exact) mass is 402 g/mol. The molecule has 5 rings (SSSR count). The molecule has 1 saturated heterocycles. The summed E-state index contributed by atoms with van der Waals surface area (Å²) in [6.45, 7) is 3.98. The molecule has 0 saturated carbocycles. The fourth-order valence-corrected chi connectivity index (χ4v) is 4.74. The lowest BCUT2D eigenvalue weighted by Gasteiger charge is -2.33. The van der Waals surface area contributed by atoms with E-state index in [0.717, 1.165) is 39.0 Å². The number of nitrogens with zero attached hydrogens (tertiary/aromatic N) is 4. The van der Waals surface area contributed by atoms with E-state index in [-0.39, 0.29) is 11.5 Å². The molecular weight excluding hydrogens is 376 g/mol. The number of carbonyl (C=O) groups is 1. The van der Waals surface area contributed by atoms with E-state index in [1.807, 2.05) is 23.1 Å². The molecule has 2 aliphatic rings. The van der Waals surface area contributed by atoms with Crippen molar-refractivity contribution in [3.8, 4) is 0 Å². The number of aryl methyl sites for hydroxylation is 1. The summed E-state index contributed by atoms with van der Waals surface area (Å²) < 4.78 is 1.55. The lowest BCUT2D eigenvalue weighted by atomic mass is 9.98. The molecule has 1 aromatic heterocycles. The zero-order valence-electron chi connectivity index (χ0n) is 17.0. The predicted octanol–water partition coefficient (Wildman–Crippen LogP) is 2.45. The summed E-state index contributed by atoms with van der Waals surface area (Å²) in [6.07, 6.45) is 3.98. The van der Waals surface area contributed by atoms with Crippen molar-refractivity contribution in [2.24, 2.45) is 0 Å². The van der Waals surface area contributed by atoms with Crippen LogP contribution in [0.4, 0.5) is 0 Å². The minimum Gasteiger partial charge on any atom is -0.341 e. The second-order valence-electron chi connectivity index (χ2n) is 8.28. The molecule has 1 amide bonds. The smallest absolute Gasteiger partial charge is 0.261 e. The van der Waals surface area contributed by atoms with Gasteiger partial charge in [-0.05, 0) is 36.1 Å². The second-order valence-corrected chi connectivity index (χ2v) is 8.28. The van der Waals surface area contributed by atoms with E-state index in [9.17, 15) is 9.59 Å². The number of aromatic nitrogens is 2. The Morgan fingerprint density at radius 1 is 1.03 bits per heavy atom. The molecule has 1 unspecified atom stereocenters. The summed E-state index contributed by atoms with van der Waals surface area (Å²) in [7, 11) is 0. The molecule has 1 fully saturated rings. The Balaban J connectivity index is 1.19. The van der Waals surface area contributed by atoms with Crippen LogP contribution in [0.2, 0.25) is 0 Å². The van der Waals surface area contributed by atoms with E-state index < -0.39 is 0 Å². The molecule has 1 atom stereocenters. The van der Waals surface area contributed by atoms with Gasteiger partial charge in [-0.2, -0.15) is 0 Å². The molecular formula is C24H26N4O2. The normalized spacial score (nSPS) is 19.2. The molecule has 0 radical (unpaired) electrons. The van der Waals surface area contributed by atoms with Crippen LogP contribution in [0, 0.1) is 0 Å². The maximum atomic E-state index is 12.8. The van der Waals surface area contributed by atoms with Crippen molar-refractivity contribution in [1.82, 2.24) is 19.4 Å². The van der Waals surface area contributed by atoms with Crippen molar-refractivity contribution >= 4 is 16.8 Å². The first-order valence-electron chi connectivity index (χ1n) is 10.7. The SMILES string of the molecule is O=C(CCn1cnc2ccccc2c1=O)N1CCC(N2CCc3ccccc3C2)C1. The topological polar surface area (TPSA) is 58.4 Å². The zero-order chi connectivity index (χ0) is 20.5. The van der Waals surface area contributed by atoms with Crippen molar-refractivity contribution in [2.75, 3.05) is 19.6 Å². The summed E-state index contributed by atoms with van der Waals surface area (Å²) in [6, 6.07) is 16.4. The highest BCUT2D eigenvalue weighted by atomic mass is 16.2. The molecule has 30 heavy (non-hydrogen) atoms. The van der Waals surface area contributed by atoms with Gasteiger partial charge in [0, 0.05) is 45.2 Å². The van der Waals surface area contributed by atoms with Gasteiger partial charge in [0.1, 0.15) is 0 Å². The summed E-state index contributed by atoms with van der Waals surface area (Å²) in [5, 5.41) is 0.596. The molecule has 2 aromatic carbocycles. The van der Waals surface area contributed by atoms with E-state index in [1.165, 1.54) is 11.1 Å². The predicted molar refractivity (Wildman–Crippen MR) is 116 cm³/mol. The average Bonchev–Trinajstić information content (AvgIpc) is 3.29. The van der Waals surface area contributed by atoms with Crippen molar-refractivity contribution in [1.29, 1.82) is 0 Å². The van der Waals surface area contributed by atoms with Gasteiger partial charge in [-0.15, -0.1) is 0 Å². The van der Waals surface area contributed by atoms with Crippen molar-refractivity contribution in [3.05, 3.63) is 76.3 Å². The van der Waals surface area contributed by atoms with Crippen LogP contribution in [0.1, 0.15) is 24.0 Å². The van der Waals surface area contributed by atoms with Crippen LogP contribution in [0.25, 0.3) is 10.9 Å². The number of likely N-dealkylation sites (tertiary alicyclic amines) is 1. The number of benzene rings is 2. The van der Waals surface area contributed by atoms with E-state index in [4.69, 9.17) is 0 Å². The van der Waals surface area contributed by atoms with E-state index in [0.29, 0.717) is 29.9 Å². The standard InChI is InChI=1S/C24H26N4O2/c29-23(11-14-28-17-25-22-8-4-3-7-21(22)24(28)30)27-13-10-20(16-27)26-12-9-18-5-1-2-6-19(18)15-26/h1-8,17,20H,9-16H2. The molecule has 6 heteroatoms. The van der Waals surface area contributed by atoms with Gasteiger partial charge in [0.25, 0.3) is 5.56 Å². The Labute approximate surface area is 175 Å². The molecule has 3 heterocycles. The van der Waals surface area contributed by atoms with Crippen LogP contribution in [0.3, 0.4) is 0 Å². The first-order valence-corrected chi connectivity index (χ1v) is 10.7. The van der Waals surface area contributed by atoms with Crippen LogP contribution in [0.5, 0.6) is 0 Å². The van der Waals surface area contributed by atoms with Crippen LogP contribution in [-0.4, -0.2) is 50.9 Å². The van der Waals surface area contributed by atoms with E-state index >= 15 is 0 Å². The lowest BCUT2D eigenvalue weighted by molar-refractivity contribution is -0.130. The first kappa shape index (κ1) is 19.0. The number of hydrogen-bond donors (Lipinski definition) is 0. The van der Waals surface area contributed by atoms with Gasteiger partial charge in [0.2, 0.25) is 5.91 Å². The lowest BCUT2D eigenvalue weighted by Crippen LogP contribution is -2.41. The highest BCUT2D eigenvalue weighted by molar-refractivity contribution is 5.77. The van der Waals surface area contributed by atoms with Gasteiger partial charge in [0.15, 0.2) is 0 Å². The maximum absolute atomic E-state index is 12.8. The molecule has 0 bridgehead atoms. The summed E-state index contributed by atoms with van der Waals surface area (Å²) >= 11 is 0. The van der Waals surface area contributed by atoms with Gasteiger partial charge in [-0.25, -0.2) is 4.98 Å². The quantitative estimate of drug-likeness (QED) is 0.673. The molecule has 3 aromatic rings. The summed E-state index contributed by atoms with van der Waals surface area (Å²) in [5.74, 6) is 0.120. The first-order chi connectivity index (χ1) is 14.7. The number of amides is 1. The average molecular weight is 402 g/mol. The molecule has 0 aliphatic carbocycles. The third-order valence-electron chi connectivity index (χ3n) is 6.49. The van der Waals surface area contributed by atoms with Gasteiger partial charge < -0.3 is 4.90 Å². The van der Waals surface area contributed by atoms with Crippen LogP contribution in [-0.2, 0) is 24.3 Å². The Hall–Kier alpha value is -2.99. The van der Waals surface area contributed by atoms with Gasteiger partial charge >= 0.3 is 0 Å². The van der Waals surface area contributed by atoms with Gasteiger partial charge in [-0.3, -0.25) is 19.1 Å². The highest BCUT2D eigenvalue weighted by Crippen LogP contribution is 2.24. The Morgan fingerprint density at radius 3 is 2.73 bits per heavy atom.